The van der Waals surface area contributed by atoms with E-state index >= 15 is 0 Å². The lowest BCUT2D eigenvalue weighted by molar-refractivity contribution is -0.130. The molecule has 0 bridgehead atoms. The number of hydrogen-bond acceptors (Lipinski definition) is 4. The Morgan fingerprint density at radius 3 is 2.45 bits per heavy atom. The smallest absolute Gasteiger partial charge is 0.338 e. The van der Waals surface area contributed by atoms with Gasteiger partial charge in [0.1, 0.15) is 0 Å². The number of carbonyl (C=O) groups is 2. The van der Waals surface area contributed by atoms with Crippen molar-refractivity contribution in [3.8, 4) is 0 Å². The molecule has 1 saturated carbocycles. The molecule has 2 rings (SSSR count). The highest BCUT2D eigenvalue weighted by atomic mass is 16.5. The summed E-state index contributed by atoms with van der Waals surface area (Å²) in [5.74, 6) is -0.775. The molecule has 0 aliphatic heterocycles. The second kappa shape index (κ2) is 7.94. The minimum absolute atomic E-state index is 0.0739. The molecular weight excluding hydrogens is 282 g/mol. The topological polar surface area (TPSA) is 75.6 Å². The van der Waals surface area contributed by atoms with E-state index in [1.165, 1.54) is 6.42 Å². The summed E-state index contributed by atoms with van der Waals surface area (Å²) >= 11 is 0. The number of aliphatic hydroxyl groups excluding tert-OH is 1. The molecule has 1 amide bonds. The molecule has 0 radical (unpaired) electrons. The predicted molar refractivity (Wildman–Crippen MR) is 82.3 cm³/mol. The summed E-state index contributed by atoms with van der Waals surface area (Å²) in [5.41, 5.74) is 1.09. The van der Waals surface area contributed by atoms with Crippen molar-refractivity contribution in [1.29, 1.82) is 0 Å². The van der Waals surface area contributed by atoms with E-state index in [2.05, 4.69) is 5.32 Å². The van der Waals surface area contributed by atoms with Crippen molar-refractivity contribution >= 4 is 11.9 Å². The molecule has 1 aromatic carbocycles. The third-order valence-corrected chi connectivity index (χ3v) is 3.98. The van der Waals surface area contributed by atoms with Crippen LogP contribution in [-0.2, 0) is 16.1 Å². The Kier molecular flexibility index (Phi) is 5.95. The first-order valence-corrected chi connectivity index (χ1v) is 7.81. The normalized spacial score (nSPS) is 16.8. The third kappa shape index (κ3) is 4.56. The van der Waals surface area contributed by atoms with Gasteiger partial charge in [-0.3, -0.25) is 4.79 Å². The number of rotatable bonds is 5. The van der Waals surface area contributed by atoms with Crippen LogP contribution in [-0.4, -0.2) is 29.1 Å². The van der Waals surface area contributed by atoms with Gasteiger partial charge in [0, 0.05) is 6.04 Å². The molecule has 0 saturated heterocycles. The van der Waals surface area contributed by atoms with E-state index in [4.69, 9.17) is 9.84 Å². The molecule has 0 spiro atoms. The summed E-state index contributed by atoms with van der Waals surface area (Å²) in [4.78, 5) is 24.0. The van der Waals surface area contributed by atoms with Gasteiger partial charge in [0.05, 0.1) is 12.2 Å². The number of benzene rings is 1. The first-order valence-electron chi connectivity index (χ1n) is 7.81. The van der Waals surface area contributed by atoms with Crippen LogP contribution < -0.4 is 5.32 Å². The van der Waals surface area contributed by atoms with E-state index in [0.717, 1.165) is 31.2 Å². The van der Waals surface area contributed by atoms with Crippen molar-refractivity contribution in [3.63, 3.8) is 0 Å². The van der Waals surface area contributed by atoms with Gasteiger partial charge in [-0.2, -0.15) is 0 Å². The quantitative estimate of drug-likeness (QED) is 0.818. The van der Waals surface area contributed by atoms with Crippen molar-refractivity contribution < 1.29 is 19.4 Å². The summed E-state index contributed by atoms with van der Waals surface area (Å²) < 4.78 is 5.20. The first kappa shape index (κ1) is 16.5. The Balaban J connectivity index is 1.85. The highest BCUT2D eigenvalue weighted by Gasteiger charge is 2.22. The maximum atomic E-state index is 12.1. The van der Waals surface area contributed by atoms with Crippen LogP contribution in [0, 0.1) is 0 Å². The van der Waals surface area contributed by atoms with Gasteiger partial charge in [-0.25, -0.2) is 4.79 Å². The number of hydrogen-bond donors (Lipinski definition) is 2. The maximum absolute atomic E-state index is 12.1. The van der Waals surface area contributed by atoms with Crippen LogP contribution in [0.4, 0.5) is 0 Å². The Bertz CT molecular complexity index is 506. The summed E-state index contributed by atoms with van der Waals surface area (Å²) in [6, 6.07) is 6.68. The summed E-state index contributed by atoms with van der Waals surface area (Å²) in [6.07, 6.45) is 4.67. The van der Waals surface area contributed by atoms with Crippen molar-refractivity contribution in [2.45, 2.75) is 57.8 Å². The van der Waals surface area contributed by atoms with E-state index in [0.29, 0.717) is 5.56 Å². The molecule has 1 aromatic rings. The standard InChI is InChI=1S/C17H23NO4/c1-12(16(20)18-15-5-3-2-4-6-15)22-17(21)14-9-7-13(11-19)8-10-14/h7-10,12,15,19H,2-6,11H2,1H3,(H,18,20). The van der Waals surface area contributed by atoms with Gasteiger partial charge in [0.2, 0.25) is 0 Å². The molecule has 0 aromatic heterocycles. The number of amides is 1. The Morgan fingerprint density at radius 2 is 1.86 bits per heavy atom. The predicted octanol–water partition coefficient (Wildman–Crippen LogP) is 2.17. The van der Waals surface area contributed by atoms with Crippen LogP contribution in [0.15, 0.2) is 24.3 Å². The van der Waals surface area contributed by atoms with Crippen LogP contribution in [0.3, 0.4) is 0 Å². The summed E-state index contributed by atoms with van der Waals surface area (Å²) in [5, 5.41) is 11.9. The zero-order valence-corrected chi connectivity index (χ0v) is 12.9. The Hall–Kier alpha value is -1.88. The molecular formula is C17H23NO4. The second-order valence-electron chi connectivity index (χ2n) is 5.75. The SMILES string of the molecule is CC(OC(=O)c1ccc(CO)cc1)C(=O)NC1CCCCC1. The molecule has 22 heavy (non-hydrogen) atoms. The molecule has 1 unspecified atom stereocenters. The molecule has 1 atom stereocenters. The molecule has 2 N–H and O–H groups in total. The van der Waals surface area contributed by atoms with E-state index in [9.17, 15) is 9.59 Å². The molecule has 1 aliphatic carbocycles. The highest BCUT2D eigenvalue weighted by Crippen LogP contribution is 2.17. The summed E-state index contributed by atoms with van der Waals surface area (Å²) in [7, 11) is 0. The largest absolute Gasteiger partial charge is 0.449 e. The lowest BCUT2D eigenvalue weighted by Crippen LogP contribution is -2.42. The fourth-order valence-electron chi connectivity index (χ4n) is 2.59. The van der Waals surface area contributed by atoms with Crippen molar-refractivity contribution in [2.75, 3.05) is 0 Å². The average molecular weight is 305 g/mol. The van der Waals surface area contributed by atoms with Crippen molar-refractivity contribution in [3.05, 3.63) is 35.4 Å². The van der Waals surface area contributed by atoms with Gasteiger partial charge in [0.25, 0.3) is 5.91 Å². The van der Waals surface area contributed by atoms with Gasteiger partial charge in [-0.15, -0.1) is 0 Å². The number of ether oxygens (including phenoxy) is 1. The van der Waals surface area contributed by atoms with E-state index < -0.39 is 12.1 Å². The van der Waals surface area contributed by atoms with Gasteiger partial charge < -0.3 is 15.2 Å². The molecule has 120 valence electrons. The minimum Gasteiger partial charge on any atom is -0.449 e. The van der Waals surface area contributed by atoms with E-state index in [-0.39, 0.29) is 18.6 Å². The lowest BCUT2D eigenvalue weighted by Gasteiger charge is -2.24. The van der Waals surface area contributed by atoms with Crippen molar-refractivity contribution in [1.82, 2.24) is 5.32 Å². The van der Waals surface area contributed by atoms with Gasteiger partial charge in [0.15, 0.2) is 6.10 Å². The Labute approximate surface area is 130 Å². The van der Waals surface area contributed by atoms with Gasteiger partial charge >= 0.3 is 5.97 Å². The van der Waals surface area contributed by atoms with Crippen LogP contribution in [0.5, 0.6) is 0 Å². The van der Waals surface area contributed by atoms with Gasteiger partial charge in [-0.1, -0.05) is 31.4 Å². The van der Waals surface area contributed by atoms with Gasteiger partial charge in [-0.05, 0) is 37.5 Å². The number of aliphatic hydroxyl groups is 1. The highest BCUT2D eigenvalue weighted by molar-refractivity contribution is 5.92. The molecule has 5 heteroatoms. The lowest BCUT2D eigenvalue weighted by atomic mass is 9.95. The van der Waals surface area contributed by atoms with E-state index in [1.807, 2.05) is 0 Å². The maximum Gasteiger partial charge on any atom is 0.338 e. The number of carbonyl (C=O) groups excluding carboxylic acids is 2. The minimum atomic E-state index is -0.813. The zero-order chi connectivity index (χ0) is 15.9. The fraction of sp³-hybridized carbons (Fsp3) is 0.529. The van der Waals surface area contributed by atoms with Crippen LogP contribution in [0.25, 0.3) is 0 Å². The number of esters is 1. The molecule has 0 heterocycles. The monoisotopic (exact) mass is 305 g/mol. The third-order valence-electron chi connectivity index (χ3n) is 3.98. The molecule has 1 fully saturated rings. The summed E-state index contributed by atoms with van der Waals surface area (Å²) in [6.45, 7) is 1.51. The zero-order valence-electron chi connectivity index (χ0n) is 12.9. The molecule has 5 nitrogen and oxygen atoms in total. The van der Waals surface area contributed by atoms with Crippen LogP contribution in [0.2, 0.25) is 0 Å². The first-order chi connectivity index (χ1) is 10.6. The average Bonchev–Trinajstić information content (AvgIpc) is 2.55. The fourth-order valence-corrected chi connectivity index (χ4v) is 2.59. The van der Waals surface area contributed by atoms with Crippen LogP contribution >= 0.6 is 0 Å². The van der Waals surface area contributed by atoms with Crippen molar-refractivity contribution in [2.24, 2.45) is 0 Å². The molecule has 1 aliphatic rings. The Morgan fingerprint density at radius 1 is 1.23 bits per heavy atom. The number of nitrogens with one attached hydrogen (secondary N) is 1. The van der Waals surface area contributed by atoms with E-state index in [1.54, 1.807) is 31.2 Å². The van der Waals surface area contributed by atoms with Crippen LogP contribution in [0.1, 0.15) is 54.9 Å². The second-order valence-corrected chi connectivity index (χ2v) is 5.75.